The predicted molar refractivity (Wildman–Crippen MR) is 102 cm³/mol. The number of hydrogen-bond acceptors (Lipinski definition) is 13. The van der Waals surface area contributed by atoms with Crippen molar-refractivity contribution in [3.63, 3.8) is 0 Å². The second-order valence-corrected chi connectivity index (χ2v) is 10.2. The van der Waals surface area contributed by atoms with Gasteiger partial charge in [-0.15, -0.1) is 5.11 Å². The van der Waals surface area contributed by atoms with E-state index in [1.165, 1.54) is 12.1 Å². The van der Waals surface area contributed by atoms with Gasteiger partial charge in [-0.25, -0.2) is 25.3 Å². The SMILES string of the molecule is Nc1cc(N)c(S(=O)(=O)[O-])cc1N=Nc1ccc(S(=O)(=O)CCOS(=O)(=O)[O-])cc1.[K+].[K+]. The molecule has 4 N–H and O–H groups in total. The Bertz CT molecular complexity index is 1300. The van der Waals surface area contributed by atoms with Crippen molar-refractivity contribution in [2.75, 3.05) is 23.8 Å². The van der Waals surface area contributed by atoms with E-state index in [0.717, 1.165) is 24.3 Å². The molecule has 0 heterocycles. The van der Waals surface area contributed by atoms with Crippen LogP contribution in [0.15, 0.2) is 56.4 Å². The number of nitrogens with two attached hydrogens (primary N) is 2. The number of rotatable bonds is 8. The summed E-state index contributed by atoms with van der Waals surface area (Å²) in [5.74, 6) is -0.746. The van der Waals surface area contributed by atoms with Crippen LogP contribution in [0.2, 0.25) is 0 Å². The van der Waals surface area contributed by atoms with Crippen LogP contribution in [0.4, 0.5) is 22.7 Å². The van der Waals surface area contributed by atoms with E-state index in [0.29, 0.717) is 0 Å². The molecule has 0 amide bonds. The molecule has 2 aromatic rings. The molecule has 32 heavy (non-hydrogen) atoms. The summed E-state index contributed by atoms with van der Waals surface area (Å²) in [5, 5.41) is 7.50. The van der Waals surface area contributed by atoms with Crippen LogP contribution < -0.4 is 114 Å². The van der Waals surface area contributed by atoms with Gasteiger partial charge in [0.1, 0.15) is 15.8 Å². The topological polar surface area (TPSA) is 235 Å². The fraction of sp³-hybridized carbons (Fsp3) is 0.143. The first-order valence-electron chi connectivity index (χ1n) is 7.69. The molecule has 0 saturated carbocycles. The number of sulfone groups is 1. The maximum absolute atomic E-state index is 12.1. The molecule has 0 unspecified atom stereocenters. The summed E-state index contributed by atoms with van der Waals surface area (Å²) in [4.78, 5) is -0.908. The molecular weight excluding hydrogens is 543 g/mol. The van der Waals surface area contributed by atoms with Crippen molar-refractivity contribution in [3.05, 3.63) is 36.4 Å². The molecule has 0 aliphatic heterocycles. The average molecular weight is 557 g/mol. The first kappa shape index (κ1) is 32.6. The summed E-state index contributed by atoms with van der Waals surface area (Å²) < 4.78 is 92.6. The number of anilines is 2. The fourth-order valence-corrected chi connectivity index (χ4v) is 4.19. The molecule has 0 aliphatic carbocycles. The van der Waals surface area contributed by atoms with E-state index in [-0.39, 0.29) is 130 Å². The first-order chi connectivity index (χ1) is 13.7. The Morgan fingerprint density at radius 1 is 0.844 bits per heavy atom. The van der Waals surface area contributed by atoms with Crippen LogP contribution in [0.3, 0.4) is 0 Å². The third-order valence-corrected chi connectivity index (χ3v) is 6.52. The van der Waals surface area contributed by atoms with Crippen molar-refractivity contribution >= 4 is 53.1 Å². The summed E-state index contributed by atoms with van der Waals surface area (Å²) >= 11 is 0. The van der Waals surface area contributed by atoms with Gasteiger partial charge in [0.05, 0.1) is 39.2 Å². The van der Waals surface area contributed by atoms with Gasteiger partial charge in [-0.1, -0.05) is 0 Å². The first-order valence-corrected chi connectivity index (χ1v) is 12.1. The summed E-state index contributed by atoms with van der Waals surface area (Å²) in [6.45, 7) is -0.836. The Kier molecular flexibility index (Phi) is 13.4. The second-order valence-electron chi connectivity index (χ2n) is 5.65. The normalized spacial score (nSPS) is 12.2. The smallest absolute Gasteiger partial charge is 0.744 e. The second kappa shape index (κ2) is 13.1. The Labute approximate surface area is 269 Å². The molecule has 2 aromatic carbocycles. The number of hydrogen-bond donors (Lipinski definition) is 2. The van der Waals surface area contributed by atoms with Gasteiger partial charge in [-0.2, -0.15) is 5.11 Å². The zero-order valence-corrected chi connectivity index (χ0v) is 25.5. The van der Waals surface area contributed by atoms with E-state index < -0.39 is 47.6 Å². The van der Waals surface area contributed by atoms with E-state index >= 15 is 0 Å². The molecule has 0 fully saturated rings. The quantitative estimate of drug-likeness (QED) is 0.102. The molecule has 0 aromatic heterocycles. The monoisotopic (exact) mass is 556 g/mol. The van der Waals surface area contributed by atoms with Crippen molar-refractivity contribution in [2.45, 2.75) is 9.79 Å². The molecule has 0 atom stereocenters. The van der Waals surface area contributed by atoms with E-state index in [2.05, 4.69) is 14.4 Å². The van der Waals surface area contributed by atoms with Crippen LogP contribution in [-0.4, -0.2) is 46.7 Å². The van der Waals surface area contributed by atoms with Crippen LogP contribution in [0.1, 0.15) is 0 Å². The van der Waals surface area contributed by atoms with Crippen LogP contribution >= 0.6 is 0 Å². The predicted octanol–water partition coefficient (Wildman–Crippen LogP) is -5.57. The minimum Gasteiger partial charge on any atom is -0.744 e. The number of benzene rings is 2. The largest absolute Gasteiger partial charge is 1.00 e. The van der Waals surface area contributed by atoms with E-state index in [9.17, 15) is 34.4 Å². The van der Waals surface area contributed by atoms with Gasteiger partial charge in [0.2, 0.25) is 10.4 Å². The molecule has 0 spiro atoms. The summed E-state index contributed by atoms with van der Waals surface area (Å²) in [6, 6.07) is 6.70. The fourth-order valence-electron chi connectivity index (χ4n) is 2.10. The number of azo groups is 1. The molecule has 0 radical (unpaired) electrons. The van der Waals surface area contributed by atoms with Crippen molar-refractivity contribution in [2.24, 2.45) is 10.2 Å². The van der Waals surface area contributed by atoms with Gasteiger partial charge in [0.25, 0.3) is 0 Å². The van der Waals surface area contributed by atoms with Gasteiger partial charge < -0.3 is 20.6 Å². The third-order valence-electron chi connectivity index (χ3n) is 3.48. The summed E-state index contributed by atoms with van der Waals surface area (Å²) in [7, 11) is -13.8. The molecule has 0 bridgehead atoms. The van der Waals surface area contributed by atoms with Gasteiger partial charge >= 0.3 is 103 Å². The molecule has 13 nitrogen and oxygen atoms in total. The summed E-state index contributed by atoms with van der Waals surface area (Å²) in [5.41, 5.74) is 10.7. The van der Waals surface area contributed by atoms with E-state index in [1.807, 2.05) is 0 Å². The van der Waals surface area contributed by atoms with Gasteiger partial charge in [0, 0.05) is 0 Å². The van der Waals surface area contributed by atoms with E-state index in [1.54, 1.807) is 0 Å². The van der Waals surface area contributed by atoms with Gasteiger partial charge in [-0.05, 0) is 36.4 Å². The van der Waals surface area contributed by atoms with Crippen LogP contribution in [-0.2, 0) is 34.5 Å². The molecule has 164 valence electrons. The zero-order valence-electron chi connectivity index (χ0n) is 16.8. The zero-order chi connectivity index (χ0) is 22.7. The number of nitrogens with zero attached hydrogens (tertiary/aromatic N) is 2. The van der Waals surface area contributed by atoms with E-state index in [4.69, 9.17) is 11.5 Å². The third kappa shape index (κ3) is 10.1. The Balaban J connectivity index is 0.00000480. The molecular formula is C14H14K2N4O9S3. The standard InChI is InChI=1S/C14H16N4O9S3.2K/c15-11-7-12(16)14(29(21,22)23)8-13(11)18-17-9-1-3-10(4-2-9)28(19,20)6-5-27-30(24,25)26;;/h1-4,7-8H,5-6,15-16H2,(H,21,22,23)(H,24,25,26);;/q;2*+1/p-2. The summed E-state index contributed by atoms with van der Waals surface area (Å²) in [6.07, 6.45) is 0. The van der Waals surface area contributed by atoms with Crippen molar-refractivity contribution < 1.29 is 141 Å². The van der Waals surface area contributed by atoms with Crippen molar-refractivity contribution in [1.82, 2.24) is 0 Å². The Hall–Kier alpha value is 0.643. The molecule has 2 rings (SSSR count). The minimum absolute atomic E-state index is 0. The average Bonchev–Trinajstić information content (AvgIpc) is 2.59. The van der Waals surface area contributed by atoms with Crippen molar-refractivity contribution in [1.29, 1.82) is 0 Å². The maximum Gasteiger partial charge on any atom is 1.00 e. The molecule has 0 aliphatic rings. The number of nitrogen functional groups attached to an aromatic ring is 2. The van der Waals surface area contributed by atoms with Gasteiger partial charge in [0.15, 0.2) is 9.84 Å². The minimum atomic E-state index is -5.00. The van der Waals surface area contributed by atoms with Crippen molar-refractivity contribution in [3.8, 4) is 0 Å². The maximum atomic E-state index is 12.1. The molecule has 0 saturated heterocycles. The molecule has 18 heteroatoms. The van der Waals surface area contributed by atoms with Crippen LogP contribution in [0.5, 0.6) is 0 Å². The van der Waals surface area contributed by atoms with Crippen LogP contribution in [0, 0.1) is 0 Å². The Morgan fingerprint density at radius 3 is 1.91 bits per heavy atom. The van der Waals surface area contributed by atoms with Gasteiger partial charge in [-0.3, -0.25) is 4.18 Å². The van der Waals surface area contributed by atoms with Crippen LogP contribution in [0.25, 0.3) is 0 Å². The Morgan fingerprint density at radius 2 is 1.41 bits per heavy atom.